The van der Waals surface area contributed by atoms with Crippen LogP contribution in [0, 0.1) is 5.92 Å². The van der Waals surface area contributed by atoms with Gasteiger partial charge in [-0.1, -0.05) is 26.8 Å². The third-order valence-electron chi connectivity index (χ3n) is 4.20. The van der Waals surface area contributed by atoms with E-state index in [2.05, 4.69) is 48.1 Å². The molecule has 0 aliphatic carbocycles. The van der Waals surface area contributed by atoms with Gasteiger partial charge in [0.2, 0.25) is 5.91 Å². The van der Waals surface area contributed by atoms with Crippen molar-refractivity contribution in [2.45, 2.75) is 45.6 Å². The Labute approximate surface area is 127 Å². The molecule has 1 amide bonds. The molecule has 2 rings (SSSR count). The Morgan fingerprint density at radius 3 is 2.48 bits per heavy atom. The number of amides is 1. The van der Waals surface area contributed by atoms with Crippen LogP contribution in [0.3, 0.4) is 0 Å². The molecule has 2 heterocycles. The highest BCUT2D eigenvalue weighted by molar-refractivity contribution is 5.78. The van der Waals surface area contributed by atoms with Crippen molar-refractivity contribution in [3.05, 3.63) is 29.6 Å². The fraction of sp³-hybridized carbons (Fsp3) is 0.647. The Morgan fingerprint density at radius 1 is 1.33 bits per heavy atom. The van der Waals surface area contributed by atoms with Crippen LogP contribution in [0.15, 0.2) is 18.3 Å². The summed E-state index contributed by atoms with van der Waals surface area (Å²) in [6, 6.07) is 4.31. The molecule has 0 spiro atoms. The highest BCUT2D eigenvalue weighted by atomic mass is 16.1. The largest absolute Gasteiger partial charge is 0.359 e. The Hall–Kier alpha value is -1.42. The Bertz CT molecular complexity index is 468. The molecule has 4 heteroatoms. The fourth-order valence-electron chi connectivity index (χ4n) is 2.78. The van der Waals surface area contributed by atoms with Gasteiger partial charge in [-0.05, 0) is 37.6 Å². The quantitative estimate of drug-likeness (QED) is 0.929. The van der Waals surface area contributed by atoms with E-state index < -0.39 is 0 Å². The molecule has 1 aliphatic rings. The Morgan fingerprint density at radius 2 is 2.00 bits per heavy atom. The van der Waals surface area contributed by atoms with Crippen LogP contribution in [0.4, 0.5) is 0 Å². The molecule has 0 bridgehead atoms. The van der Waals surface area contributed by atoms with Gasteiger partial charge in [-0.3, -0.25) is 14.7 Å². The highest BCUT2D eigenvalue weighted by Crippen LogP contribution is 2.21. The number of aromatic nitrogens is 1. The number of nitrogens with zero attached hydrogens (tertiary/aromatic N) is 2. The van der Waals surface area contributed by atoms with E-state index in [4.69, 9.17) is 0 Å². The van der Waals surface area contributed by atoms with Crippen molar-refractivity contribution in [3.63, 3.8) is 0 Å². The predicted molar refractivity (Wildman–Crippen MR) is 85.0 cm³/mol. The standard InChI is InChI=1S/C17H27N3O/c1-17(2,3)15-6-5-13(11-19-15)12-20-9-7-14(8-10-20)16(21)18-4/h5-6,11,14H,7-10,12H2,1-4H3,(H,18,21). The van der Waals surface area contributed by atoms with Gasteiger partial charge in [0, 0.05) is 36.8 Å². The zero-order valence-corrected chi connectivity index (χ0v) is 13.6. The van der Waals surface area contributed by atoms with Crippen LogP contribution in [-0.4, -0.2) is 35.9 Å². The van der Waals surface area contributed by atoms with Gasteiger partial charge in [0.05, 0.1) is 0 Å². The van der Waals surface area contributed by atoms with Crippen LogP contribution in [0.5, 0.6) is 0 Å². The molecule has 1 aromatic rings. The second-order valence-electron chi connectivity index (χ2n) is 6.97. The number of rotatable bonds is 3. The lowest BCUT2D eigenvalue weighted by Crippen LogP contribution is -2.39. The van der Waals surface area contributed by atoms with Crippen LogP contribution in [-0.2, 0) is 16.8 Å². The van der Waals surface area contributed by atoms with Gasteiger partial charge in [0.15, 0.2) is 0 Å². The van der Waals surface area contributed by atoms with Gasteiger partial charge in [0.1, 0.15) is 0 Å². The maximum atomic E-state index is 11.6. The number of piperidine rings is 1. The van der Waals surface area contributed by atoms with E-state index in [0.29, 0.717) is 0 Å². The minimum absolute atomic E-state index is 0.102. The molecular weight excluding hydrogens is 262 g/mol. The molecular formula is C17H27N3O. The number of carbonyl (C=O) groups is 1. The van der Waals surface area contributed by atoms with E-state index in [1.54, 1.807) is 7.05 Å². The normalized spacial score (nSPS) is 17.7. The van der Waals surface area contributed by atoms with E-state index >= 15 is 0 Å². The summed E-state index contributed by atoms with van der Waals surface area (Å²) in [6.07, 6.45) is 3.89. The number of pyridine rings is 1. The molecule has 1 aromatic heterocycles. The first-order valence-electron chi connectivity index (χ1n) is 7.79. The van der Waals surface area contributed by atoms with Crippen molar-refractivity contribution in [2.75, 3.05) is 20.1 Å². The maximum Gasteiger partial charge on any atom is 0.222 e. The summed E-state index contributed by atoms with van der Waals surface area (Å²) in [5, 5.41) is 2.75. The lowest BCUT2D eigenvalue weighted by atomic mass is 9.91. The number of hydrogen-bond acceptors (Lipinski definition) is 3. The molecule has 116 valence electrons. The molecule has 0 unspecified atom stereocenters. The summed E-state index contributed by atoms with van der Waals surface area (Å²) < 4.78 is 0. The first kappa shape index (κ1) is 16.0. The van der Waals surface area contributed by atoms with Crippen molar-refractivity contribution in [1.82, 2.24) is 15.2 Å². The summed E-state index contributed by atoms with van der Waals surface area (Å²) in [5.74, 6) is 0.374. The summed E-state index contributed by atoms with van der Waals surface area (Å²) >= 11 is 0. The summed E-state index contributed by atoms with van der Waals surface area (Å²) in [5.41, 5.74) is 2.48. The van der Waals surface area contributed by atoms with Gasteiger partial charge in [-0.25, -0.2) is 0 Å². The molecule has 1 N–H and O–H groups in total. The van der Waals surface area contributed by atoms with Gasteiger partial charge in [-0.15, -0.1) is 0 Å². The predicted octanol–water partition coefficient (Wildman–Crippen LogP) is 2.34. The second-order valence-corrected chi connectivity index (χ2v) is 6.97. The second kappa shape index (κ2) is 6.56. The van der Waals surface area contributed by atoms with Gasteiger partial charge < -0.3 is 5.32 Å². The summed E-state index contributed by atoms with van der Waals surface area (Å²) in [6.45, 7) is 9.44. The molecule has 0 atom stereocenters. The molecule has 0 saturated carbocycles. The molecule has 0 radical (unpaired) electrons. The highest BCUT2D eigenvalue weighted by Gasteiger charge is 2.24. The Balaban J connectivity index is 1.88. The summed E-state index contributed by atoms with van der Waals surface area (Å²) in [4.78, 5) is 18.6. The first-order chi connectivity index (χ1) is 9.90. The number of carbonyl (C=O) groups excluding carboxylic acids is 1. The minimum Gasteiger partial charge on any atom is -0.359 e. The number of likely N-dealkylation sites (tertiary alicyclic amines) is 1. The van der Waals surface area contributed by atoms with Crippen molar-refractivity contribution >= 4 is 5.91 Å². The van der Waals surface area contributed by atoms with E-state index in [-0.39, 0.29) is 17.2 Å². The molecule has 21 heavy (non-hydrogen) atoms. The van der Waals surface area contributed by atoms with Gasteiger partial charge in [-0.2, -0.15) is 0 Å². The zero-order chi connectivity index (χ0) is 15.5. The first-order valence-corrected chi connectivity index (χ1v) is 7.79. The lowest BCUT2D eigenvalue weighted by molar-refractivity contribution is -0.125. The van der Waals surface area contributed by atoms with Crippen LogP contribution >= 0.6 is 0 Å². The average molecular weight is 289 g/mol. The Kier molecular flexibility index (Phi) is 4.99. The zero-order valence-electron chi connectivity index (χ0n) is 13.6. The molecule has 4 nitrogen and oxygen atoms in total. The third kappa shape index (κ3) is 4.27. The van der Waals surface area contributed by atoms with Gasteiger partial charge >= 0.3 is 0 Å². The van der Waals surface area contributed by atoms with Crippen LogP contribution < -0.4 is 5.32 Å². The SMILES string of the molecule is CNC(=O)C1CCN(Cc2ccc(C(C)(C)C)nc2)CC1. The fourth-order valence-corrected chi connectivity index (χ4v) is 2.78. The van der Waals surface area contributed by atoms with Crippen molar-refractivity contribution in [1.29, 1.82) is 0 Å². The maximum absolute atomic E-state index is 11.6. The van der Waals surface area contributed by atoms with Crippen LogP contribution in [0.1, 0.15) is 44.9 Å². The molecule has 1 fully saturated rings. The van der Waals surface area contributed by atoms with E-state index in [1.807, 2.05) is 6.20 Å². The molecule has 1 aliphatic heterocycles. The van der Waals surface area contributed by atoms with Crippen LogP contribution in [0.2, 0.25) is 0 Å². The van der Waals surface area contributed by atoms with Gasteiger partial charge in [0.25, 0.3) is 0 Å². The average Bonchev–Trinajstić information content (AvgIpc) is 2.47. The van der Waals surface area contributed by atoms with Crippen molar-refractivity contribution < 1.29 is 4.79 Å². The minimum atomic E-state index is 0.102. The monoisotopic (exact) mass is 289 g/mol. The van der Waals surface area contributed by atoms with Crippen LogP contribution in [0.25, 0.3) is 0 Å². The van der Waals surface area contributed by atoms with E-state index in [0.717, 1.165) is 38.2 Å². The van der Waals surface area contributed by atoms with Crippen molar-refractivity contribution in [2.24, 2.45) is 5.92 Å². The lowest BCUT2D eigenvalue weighted by Gasteiger charge is -2.31. The topological polar surface area (TPSA) is 45.2 Å². The molecule has 0 aromatic carbocycles. The third-order valence-corrected chi connectivity index (χ3v) is 4.20. The van der Waals surface area contributed by atoms with Crippen molar-refractivity contribution in [3.8, 4) is 0 Å². The van der Waals surface area contributed by atoms with E-state index in [9.17, 15) is 4.79 Å². The molecule has 1 saturated heterocycles. The number of nitrogens with one attached hydrogen (secondary N) is 1. The number of hydrogen-bond donors (Lipinski definition) is 1. The van der Waals surface area contributed by atoms with E-state index in [1.165, 1.54) is 5.56 Å². The smallest absolute Gasteiger partial charge is 0.222 e. The summed E-state index contributed by atoms with van der Waals surface area (Å²) in [7, 11) is 1.72.